The van der Waals surface area contributed by atoms with Crippen LogP contribution in [-0.4, -0.2) is 23.7 Å². The Labute approximate surface area is 105 Å². The fourth-order valence-electron chi connectivity index (χ4n) is 1.70. The van der Waals surface area contributed by atoms with E-state index >= 15 is 0 Å². The van der Waals surface area contributed by atoms with E-state index in [2.05, 4.69) is 9.97 Å². The molecule has 0 saturated heterocycles. The molecule has 17 heavy (non-hydrogen) atoms. The Morgan fingerprint density at radius 3 is 2.76 bits per heavy atom. The Bertz CT molecular complexity index is 607. The third-order valence-corrected chi connectivity index (χ3v) is 2.73. The van der Waals surface area contributed by atoms with Crippen molar-refractivity contribution in [3.8, 4) is 11.5 Å². The van der Waals surface area contributed by atoms with Crippen LogP contribution >= 0.6 is 12.2 Å². The van der Waals surface area contributed by atoms with Crippen LogP contribution in [0.15, 0.2) is 12.1 Å². The molecule has 0 aliphatic carbocycles. The quantitative estimate of drug-likeness (QED) is 0.851. The lowest BCUT2D eigenvalue weighted by atomic mass is 10.2. The highest BCUT2D eigenvalue weighted by Crippen LogP contribution is 2.31. The molecular weight excluding hydrogens is 236 g/mol. The molecule has 0 unspecified atom stereocenters. The number of aromatic amines is 1. The van der Waals surface area contributed by atoms with Crippen LogP contribution in [0.25, 0.3) is 10.9 Å². The van der Waals surface area contributed by atoms with Gasteiger partial charge in [0, 0.05) is 11.5 Å². The molecule has 5 heteroatoms. The minimum absolute atomic E-state index is 0.569. The van der Waals surface area contributed by atoms with Gasteiger partial charge in [-0.25, -0.2) is 4.98 Å². The molecule has 90 valence electrons. The van der Waals surface area contributed by atoms with Gasteiger partial charge in [0.25, 0.3) is 0 Å². The lowest BCUT2D eigenvalue weighted by Gasteiger charge is -2.10. The average molecular weight is 250 g/mol. The Hall–Kier alpha value is -1.62. The van der Waals surface area contributed by atoms with Crippen LogP contribution in [0, 0.1) is 11.6 Å². The second-order valence-corrected chi connectivity index (χ2v) is 4.00. The molecule has 0 aliphatic rings. The molecule has 2 rings (SSSR count). The lowest BCUT2D eigenvalue weighted by Crippen LogP contribution is -1.97. The van der Waals surface area contributed by atoms with Crippen molar-refractivity contribution in [3.05, 3.63) is 22.6 Å². The molecule has 1 heterocycles. The third-order valence-electron chi connectivity index (χ3n) is 2.42. The number of aromatic nitrogens is 2. The molecule has 1 aromatic heterocycles. The number of hydrogen-bond acceptors (Lipinski definition) is 4. The minimum Gasteiger partial charge on any atom is -0.493 e. The number of H-pyrrole nitrogens is 1. The predicted molar refractivity (Wildman–Crippen MR) is 69.4 cm³/mol. The molecule has 1 N–H and O–H groups in total. The van der Waals surface area contributed by atoms with Crippen molar-refractivity contribution in [1.29, 1.82) is 0 Å². The number of nitrogens with one attached hydrogen (secondary N) is 1. The number of methoxy groups -OCH3 is 1. The average Bonchev–Trinajstić information content (AvgIpc) is 2.29. The normalized spacial score (nSPS) is 10.5. The highest BCUT2D eigenvalue weighted by Gasteiger charge is 2.08. The van der Waals surface area contributed by atoms with E-state index in [-0.39, 0.29) is 0 Å². The van der Waals surface area contributed by atoms with Gasteiger partial charge in [-0.3, -0.25) is 0 Å². The SMILES string of the molecule is CCOc1cc2c(=S)nc(C)[nH]c2cc1OC. The summed E-state index contributed by atoms with van der Waals surface area (Å²) in [6, 6.07) is 3.74. The molecule has 0 radical (unpaired) electrons. The summed E-state index contributed by atoms with van der Waals surface area (Å²) in [6.45, 7) is 4.38. The molecule has 2 aromatic rings. The van der Waals surface area contributed by atoms with Crippen molar-refractivity contribution < 1.29 is 9.47 Å². The third kappa shape index (κ3) is 2.24. The summed E-state index contributed by atoms with van der Waals surface area (Å²) in [7, 11) is 1.62. The van der Waals surface area contributed by atoms with Gasteiger partial charge in [0.2, 0.25) is 0 Å². The summed E-state index contributed by atoms with van der Waals surface area (Å²) in [5.74, 6) is 2.16. The highest BCUT2D eigenvalue weighted by atomic mass is 32.1. The van der Waals surface area contributed by atoms with E-state index in [4.69, 9.17) is 21.7 Å². The van der Waals surface area contributed by atoms with Crippen molar-refractivity contribution in [1.82, 2.24) is 9.97 Å². The molecule has 0 fully saturated rings. The van der Waals surface area contributed by atoms with Gasteiger partial charge in [-0.05, 0) is 19.9 Å². The van der Waals surface area contributed by atoms with Crippen LogP contribution in [0.4, 0.5) is 0 Å². The smallest absolute Gasteiger partial charge is 0.162 e. The van der Waals surface area contributed by atoms with Crippen molar-refractivity contribution in [3.63, 3.8) is 0 Å². The van der Waals surface area contributed by atoms with Crippen LogP contribution in [0.3, 0.4) is 0 Å². The predicted octanol–water partition coefficient (Wildman–Crippen LogP) is 3.01. The maximum atomic E-state index is 5.51. The second-order valence-electron chi connectivity index (χ2n) is 3.61. The minimum atomic E-state index is 0.569. The standard InChI is InChI=1S/C12H14N2O2S/c1-4-16-11-5-8-9(6-10(11)15-3)13-7(2)14-12(8)17/h5-6H,4H2,1-3H3,(H,13,14,17). The maximum Gasteiger partial charge on any atom is 0.162 e. The van der Waals surface area contributed by atoms with E-state index in [0.717, 1.165) is 16.7 Å². The number of rotatable bonds is 3. The van der Waals surface area contributed by atoms with Crippen molar-refractivity contribution >= 4 is 23.1 Å². The van der Waals surface area contributed by atoms with E-state index in [9.17, 15) is 0 Å². The van der Waals surface area contributed by atoms with Gasteiger partial charge in [-0.15, -0.1) is 0 Å². The fraction of sp³-hybridized carbons (Fsp3) is 0.333. The van der Waals surface area contributed by atoms with Gasteiger partial charge < -0.3 is 14.5 Å². The van der Waals surface area contributed by atoms with Gasteiger partial charge in [-0.2, -0.15) is 0 Å². The van der Waals surface area contributed by atoms with Gasteiger partial charge >= 0.3 is 0 Å². The topological polar surface area (TPSA) is 47.1 Å². The van der Waals surface area contributed by atoms with Gasteiger partial charge in [0.1, 0.15) is 10.5 Å². The van der Waals surface area contributed by atoms with Crippen molar-refractivity contribution in [2.75, 3.05) is 13.7 Å². The number of ether oxygens (including phenoxy) is 2. The molecule has 4 nitrogen and oxygen atoms in total. The van der Waals surface area contributed by atoms with Crippen LogP contribution in [0.1, 0.15) is 12.7 Å². The molecule has 0 bridgehead atoms. The van der Waals surface area contributed by atoms with E-state index in [1.807, 2.05) is 26.0 Å². The maximum absolute atomic E-state index is 5.51. The van der Waals surface area contributed by atoms with Crippen molar-refractivity contribution in [2.45, 2.75) is 13.8 Å². The zero-order valence-corrected chi connectivity index (χ0v) is 10.9. The van der Waals surface area contributed by atoms with Gasteiger partial charge in [-0.1, -0.05) is 12.2 Å². The Balaban J connectivity index is 2.73. The zero-order chi connectivity index (χ0) is 12.4. The molecule has 0 amide bonds. The Morgan fingerprint density at radius 1 is 1.35 bits per heavy atom. The summed E-state index contributed by atoms with van der Waals surface area (Å²) in [5.41, 5.74) is 0.905. The molecule has 1 aromatic carbocycles. The highest BCUT2D eigenvalue weighted by molar-refractivity contribution is 7.71. The number of aryl methyl sites for hydroxylation is 1. The monoisotopic (exact) mass is 250 g/mol. The number of nitrogens with zero attached hydrogens (tertiary/aromatic N) is 1. The van der Waals surface area contributed by atoms with Crippen LogP contribution in [0.5, 0.6) is 11.5 Å². The fourth-order valence-corrected chi connectivity index (χ4v) is 2.01. The van der Waals surface area contributed by atoms with Crippen LogP contribution in [-0.2, 0) is 0 Å². The molecule has 0 atom stereocenters. The first-order valence-corrected chi connectivity index (χ1v) is 5.78. The summed E-state index contributed by atoms with van der Waals surface area (Å²) in [5, 5.41) is 0.870. The molecular formula is C12H14N2O2S. The van der Waals surface area contributed by atoms with E-state index in [1.165, 1.54) is 0 Å². The second kappa shape index (κ2) is 4.71. The van der Waals surface area contributed by atoms with Crippen molar-refractivity contribution in [2.24, 2.45) is 0 Å². The van der Waals surface area contributed by atoms with Gasteiger partial charge in [0.05, 0.1) is 19.2 Å². The lowest BCUT2D eigenvalue weighted by molar-refractivity contribution is 0.311. The zero-order valence-electron chi connectivity index (χ0n) is 10.0. The Morgan fingerprint density at radius 2 is 2.12 bits per heavy atom. The molecule has 0 saturated carbocycles. The van der Waals surface area contributed by atoms with E-state index < -0.39 is 0 Å². The largest absolute Gasteiger partial charge is 0.493 e. The summed E-state index contributed by atoms with van der Waals surface area (Å²) < 4.78 is 11.4. The summed E-state index contributed by atoms with van der Waals surface area (Å²) in [4.78, 5) is 7.38. The number of hydrogen-bond donors (Lipinski definition) is 1. The number of fused-ring (bicyclic) bond motifs is 1. The summed E-state index contributed by atoms with van der Waals surface area (Å²) >= 11 is 5.24. The first-order valence-electron chi connectivity index (χ1n) is 5.37. The number of benzene rings is 1. The molecule has 0 aliphatic heterocycles. The van der Waals surface area contributed by atoms with Crippen LogP contribution in [0.2, 0.25) is 0 Å². The first kappa shape index (κ1) is 11.9. The van der Waals surface area contributed by atoms with Crippen LogP contribution < -0.4 is 9.47 Å². The Kier molecular flexibility index (Phi) is 3.28. The van der Waals surface area contributed by atoms with Gasteiger partial charge in [0.15, 0.2) is 11.5 Å². The van der Waals surface area contributed by atoms with E-state index in [0.29, 0.717) is 22.7 Å². The van der Waals surface area contributed by atoms with E-state index in [1.54, 1.807) is 7.11 Å². The molecule has 0 spiro atoms. The first-order chi connectivity index (χ1) is 8.15. The summed E-state index contributed by atoms with van der Waals surface area (Å²) in [6.07, 6.45) is 0.